The van der Waals surface area contributed by atoms with Crippen LogP contribution in [-0.2, 0) is 6.42 Å². The number of halogens is 1. The maximum Gasteiger partial charge on any atom is 0.251 e. The van der Waals surface area contributed by atoms with Crippen LogP contribution in [0.1, 0.15) is 11.1 Å². The molecule has 0 fully saturated rings. The van der Waals surface area contributed by atoms with Gasteiger partial charge in [-0.3, -0.25) is 4.79 Å². The van der Waals surface area contributed by atoms with Crippen molar-refractivity contribution in [1.82, 2.24) is 4.98 Å². The predicted molar refractivity (Wildman–Crippen MR) is 67.1 cm³/mol. The highest BCUT2D eigenvalue weighted by molar-refractivity contribution is 6.32. The molecule has 0 aliphatic rings. The van der Waals surface area contributed by atoms with E-state index in [0.717, 1.165) is 22.0 Å². The maximum absolute atomic E-state index is 11.7. The van der Waals surface area contributed by atoms with E-state index in [-0.39, 0.29) is 5.56 Å². The molecule has 1 aromatic carbocycles. The molecule has 0 spiro atoms. The van der Waals surface area contributed by atoms with Crippen molar-refractivity contribution in [2.45, 2.75) is 13.3 Å². The number of nitrogens with one attached hydrogen (secondary N) is 1. The molecule has 3 N–H and O–H groups in total. The fourth-order valence-corrected chi connectivity index (χ4v) is 1.89. The standard InChI is InChI=1S/C12H13ClN2O/c1-7-4-9-5-8(2-3-14)12(16)15-11(9)6-10(7)13/h4-6H,2-3,14H2,1H3,(H,15,16). The van der Waals surface area contributed by atoms with Crippen LogP contribution in [0.25, 0.3) is 10.9 Å². The Morgan fingerprint density at radius 2 is 2.12 bits per heavy atom. The smallest absolute Gasteiger partial charge is 0.251 e. The van der Waals surface area contributed by atoms with E-state index in [1.807, 2.05) is 19.1 Å². The molecule has 0 aliphatic carbocycles. The van der Waals surface area contributed by atoms with E-state index in [1.165, 1.54) is 0 Å². The van der Waals surface area contributed by atoms with Crippen molar-refractivity contribution in [3.8, 4) is 0 Å². The van der Waals surface area contributed by atoms with E-state index < -0.39 is 0 Å². The van der Waals surface area contributed by atoms with Crippen molar-refractivity contribution in [2.24, 2.45) is 5.73 Å². The molecule has 2 aromatic rings. The van der Waals surface area contributed by atoms with Gasteiger partial charge < -0.3 is 10.7 Å². The fraction of sp³-hybridized carbons (Fsp3) is 0.250. The molecular formula is C12H13ClN2O. The van der Waals surface area contributed by atoms with Gasteiger partial charge in [-0.2, -0.15) is 0 Å². The summed E-state index contributed by atoms with van der Waals surface area (Å²) in [6.07, 6.45) is 0.590. The molecule has 0 amide bonds. The molecule has 0 saturated carbocycles. The highest BCUT2D eigenvalue weighted by atomic mass is 35.5. The number of nitrogens with two attached hydrogens (primary N) is 1. The molecule has 0 saturated heterocycles. The number of fused-ring (bicyclic) bond motifs is 1. The Morgan fingerprint density at radius 3 is 2.81 bits per heavy atom. The minimum atomic E-state index is -0.0853. The molecule has 0 aliphatic heterocycles. The summed E-state index contributed by atoms with van der Waals surface area (Å²) in [6, 6.07) is 5.62. The summed E-state index contributed by atoms with van der Waals surface area (Å²) in [5, 5.41) is 1.65. The zero-order valence-electron chi connectivity index (χ0n) is 9.01. The molecule has 0 radical (unpaired) electrons. The second kappa shape index (κ2) is 4.28. The number of aryl methyl sites for hydroxylation is 1. The van der Waals surface area contributed by atoms with Gasteiger partial charge in [0.1, 0.15) is 0 Å². The van der Waals surface area contributed by atoms with Gasteiger partial charge in [-0.25, -0.2) is 0 Å². The van der Waals surface area contributed by atoms with Crippen LogP contribution in [0.4, 0.5) is 0 Å². The zero-order valence-corrected chi connectivity index (χ0v) is 9.77. The number of rotatable bonds is 2. The summed E-state index contributed by atoms with van der Waals surface area (Å²) in [4.78, 5) is 14.5. The van der Waals surface area contributed by atoms with E-state index in [2.05, 4.69) is 4.98 Å². The van der Waals surface area contributed by atoms with Crippen LogP contribution in [0.15, 0.2) is 23.0 Å². The highest BCUT2D eigenvalue weighted by Crippen LogP contribution is 2.21. The van der Waals surface area contributed by atoms with Gasteiger partial charge in [-0.1, -0.05) is 11.6 Å². The first-order valence-electron chi connectivity index (χ1n) is 5.14. The maximum atomic E-state index is 11.7. The highest BCUT2D eigenvalue weighted by Gasteiger charge is 2.04. The number of H-pyrrole nitrogens is 1. The van der Waals surface area contributed by atoms with Crippen molar-refractivity contribution in [3.63, 3.8) is 0 Å². The Kier molecular flexibility index (Phi) is 2.99. The number of pyridine rings is 1. The third kappa shape index (κ3) is 1.96. The topological polar surface area (TPSA) is 58.9 Å². The number of aromatic nitrogens is 1. The second-order valence-corrected chi connectivity index (χ2v) is 4.26. The van der Waals surface area contributed by atoms with E-state index in [9.17, 15) is 4.79 Å². The van der Waals surface area contributed by atoms with Gasteiger partial charge in [0.15, 0.2) is 0 Å². The molecule has 0 bridgehead atoms. The van der Waals surface area contributed by atoms with E-state index >= 15 is 0 Å². The van der Waals surface area contributed by atoms with Crippen LogP contribution in [-0.4, -0.2) is 11.5 Å². The third-order valence-corrected chi connectivity index (χ3v) is 3.02. The first kappa shape index (κ1) is 11.2. The first-order chi connectivity index (χ1) is 7.61. The van der Waals surface area contributed by atoms with Gasteiger partial charge in [0.25, 0.3) is 5.56 Å². The summed E-state index contributed by atoms with van der Waals surface area (Å²) in [5.74, 6) is 0. The summed E-state index contributed by atoms with van der Waals surface area (Å²) in [7, 11) is 0. The Balaban J connectivity index is 2.70. The molecule has 3 nitrogen and oxygen atoms in total. The van der Waals surface area contributed by atoms with Gasteiger partial charge in [0.2, 0.25) is 0 Å². The summed E-state index contributed by atoms with van der Waals surface area (Å²) in [6.45, 7) is 2.41. The van der Waals surface area contributed by atoms with Gasteiger partial charge >= 0.3 is 0 Å². The molecule has 16 heavy (non-hydrogen) atoms. The SMILES string of the molecule is Cc1cc2cc(CCN)c(=O)[nH]c2cc1Cl. The van der Waals surface area contributed by atoms with Crippen LogP contribution in [0.5, 0.6) is 0 Å². The minimum Gasteiger partial charge on any atom is -0.330 e. The lowest BCUT2D eigenvalue weighted by Gasteiger charge is -2.04. The first-order valence-corrected chi connectivity index (χ1v) is 5.51. The summed E-state index contributed by atoms with van der Waals surface area (Å²) >= 11 is 6.00. The van der Waals surface area contributed by atoms with Gasteiger partial charge in [0, 0.05) is 16.1 Å². The van der Waals surface area contributed by atoms with E-state index in [4.69, 9.17) is 17.3 Å². The van der Waals surface area contributed by atoms with Crippen molar-refractivity contribution < 1.29 is 0 Å². The molecule has 0 atom stereocenters. The normalized spacial score (nSPS) is 10.9. The third-order valence-electron chi connectivity index (χ3n) is 2.61. The Morgan fingerprint density at radius 1 is 1.38 bits per heavy atom. The Hall–Kier alpha value is -1.32. The molecule has 0 unspecified atom stereocenters. The number of hydrogen-bond donors (Lipinski definition) is 2. The zero-order chi connectivity index (χ0) is 11.7. The van der Waals surface area contributed by atoms with Crippen LogP contribution < -0.4 is 11.3 Å². The lowest BCUT2D eigenvalue weighted by molar-refractivity contribution is 0.949. The molecule has 2 rings (SSSR count). The second-order valence-electron chi connectivity index (χ2n) is 3.85. The van der Waals surface area contributed by atoms with Crippen molar-refractivity contribution in [2.75, 3.05) is 6.54 Å². The lowest BCUT2D eigenvalue weighted by Crippen LogP contribution is -2.16. The van der Waals surface area contributed by atoms with Gasteiger partial charge in [-0.15, -0.1) is 0 Å². The summed E-state index contributed by atoms with van der Waals surface area (Å²) in [5.41, 5.74) is 7.85. The average Bonchev–Trinajstić information content (AvgIpc) is 2.23. The fourth-order valence-electron chi connectivity index (χ4n) is 1.73. The van der Waals surface area contributed by atoms with Crippen LogP contribution in [0.3, 0.4) is 0 Å². The molecule has 1 aromatic heterocycles. The van der Waals surface area contributed by atoms with Crippen LogP contribution in [0.2, 0.25) is 5.02 Å². The van der Waals surface area contributed by atoms with Crippen LogP contribution in [0, 0.1) is 6.92 Å². The molecule has 84 valence electrons. The molecular weight excluding hydrogens is 224 g/mol. The van der Waals surface area contributed by atoms with E-state index in [1.54, 1.807) is 6.07 Å². The van der Waals surface area contributed by atoms with E-state index in [0.29, 0.717) is 18.0 Å². The van der Waals surface area contributed by atoms with Crippen molar-refractivity contribution >= 4 is 22.5 Å². The summed E-state index contributed by atoms with van der Waals surface area (Å²) < 4.78 is 0. The number of aromatic amines is 1. The Labute approximate surface area is 98.2 Å². The quantitative estimate of drug-likeness (QED) is 0.838. The van der Waals surface area contributed by atoms with Gasteiger partial charge in [0.05, 0.1) is 0 Å². The van der Waals surface area contributed by atoms with Crippen molar-refractivity contribution in [3.05, 3.63) is 44.7 Å². The number of hydrogen-bond acceptors (Lipinski definition) is 2. The molecule has 4 heteroatoms. The Bertz CT molecular complexity index is 589. The van der Waals surface area contributed by atoms with Crippen LogP contribution >= 0.6 is 11.6 Å². The molecule has 1 heterocycles. The van der Waals surface area contributed by atoms with Gasteiger partial charge in [-0.05, 0) is 49.0 Å². The largest absolute Gasteiger partial charge is 0.330 e. The monoisotopic (exact) mass is 236 g/mol. The predicted octanol–water partition coefficient (Wildman–Crippen LogP) is 1.99. The minimum absolute atomic E-state index is 0.0853. The lowest BCUT2D eigenvalue weighted by atomic mass is 10.1. The average molecular weight is 237 g/mol. The number of benzene rings is 1. The van der Waals surface area contributed by atoms with Crippen molar-refractivity contribution in [1.29, 1.82) is 0 Å².